The smallest absolute Gasteiger partial charge is 0.248 e. The summed E-state index contributed by atoms with van der Waals surface area (Å²) in [6.07, 6.45) is 1.62. The molecule has 0 bridgehead atoms. The molecular weight excluding hydrogens is 260 g/mol. The number of carbonyl (C=O) groups excluding carboxylic acids is 1. The van der Waals surface area contributed by atoms with Crippen molar-refractivity contribution in [3.05, 3.63) is 53.9 Å². The zero-order valence-electron chi connectivity index (χ0n) is 9.96. The third kappa shape index (κ3) is 3.26. The summed E-state index contributed by atoms with van der Waals surface area (Å²) in [5, 5.41) is 3.11. The molecular formula is C13H12N4OS. The van der Waals surface area contributed by atoms with Crippen molar-refractivity contribution in [2.24, 2.45) is 11.5 Å². The van der Waals surface area contributed by atoms with Gasteiger partial charge in [-0.25, -0.2) is 0 Å². The van der Waals surface area contributed by atoms with E-state index in [1.165, 1.54) is 0 Å². The molecule has 19 heavy (non-hydrogen) atoms. The molecule has 6 heteroatoms. The van der Waals surface area contributed by atoms with Crippen molar-refractivity contribution in [2.45, 2.75) is 0 Å². The molecule has 0 aliphatic rings. The molecule has 5 N–H and O–H groups in total. The van der Waals surface area contributed by atoms with Crippen molar-refractivity contribution < 1.29 is 4.79 Å². The van der Waals surface area contributed by atoms with E-state index in [9.17, 15) is 4.79 Å². The summed E-state index contributed by atoms with van der Waals surface area (Å²) >= 11 is 4.82. The molecule has 0 unspecified atom stereocenters. The van der Waals surface area contributed by atoms with E-state index < -0.39 is 5.91 Å². The molecule has 0 aliphatic carbocycles. The zero-order chi connectivity index (χ0) is 13.8. The summed E-state index contributed by atoms with van der Waals surface area (Å²) < 4.78 is 0. The Kier molecular flexibility index (Phi) is 3.72. The van der Waals surface area contributed by atoms with Gasteiger partial charge in [-0.15, -0.1) is 0 Å². The maximum atomic E-state index is 11.1. The molecule has 2 rings (SSSR count). The molecule has 96 valence electrons. The number of hydrogen-bond acceptors (Lipinski definition) is 4. The summed E-state index contributed by atoms with van der Waals surface area (Å²) in [7, 11) is 0. The molecule has 0 radical (unpaired) electrons. The van der Waals surface area contributed by atoms with Crippen molar-refractivity contribution in [3.8, 4) is 0 Å². The summed E-state index contributed by atoms with van der Waals surface area (Å²) in [4.78, 5) is 15.4. The van der Waals surface area contributed by atoms with Gasteiger partial charge in [0.1, 0.15) is 4.99 Å². The zero-order valence-corrected chi connectivity index (χ0v) is 10.8. The van der Waals surface area contributed by atoms with Gasteiger partial charge in [-0.3, -0.25) is 9.78 Å². The lowest BCUT2D eigenvalue weighted by Gasteiger charge is -2.07. The van der Waals surface area contributed by atoms with Crippen LogP contribution >= 0.6 is 12.2 Å². The molecule has 1 aromatic heterocycles. The van der Waals surface area contributed by atoms with E-state index in [1.807, 2.05) is 6.07 Å². The number of carbonyl (C=O) groups is 1. The monoisotopic (exact) mass is 272 g/mol. The Morgan fingerprint density at radius 1 is 1.16 bits per heavy atom. The number of amides is 1. The van der Waals surface area contributed by atoms with E-state index in [0.717, 1.165) is 11.4 Å². The molecule has 0 saturated heterocycles. The van der Waals surface area contributed by atoms with Gasteiger partial charge in [-0.05, 0) is 30.3 Å². The van der Waals surface area contributed by atoms with Crippen molar-refractivity contribution >= 4 is 34.5 Å². The molecule has 0 saturated carbocycles. The average molecular weight is 272 g/mol. The number of aromatic nitrogens is 1. The van der Waals surface area contributed by atoms with Crippen molar-refractivity contribution in [3.63, 3.8) is 0 Å². The van der Waals surface area contributed by atoms with Crippen LogP contribution in [0, 0.1) is 0 Å². The second-order valence-electron chi connectivity index (χ2n) is 3.87. The number of pyridine rings is 1. The Bertz CT molecular complexity index is 625. The molecule has 0 atom stereocenters. The van der Waals surface area contributed by atoms with Gasteiger partial charge in [0.25, 0.3) is 0 Å². The Labute approximate surface area is 115 Å². The quantitative estimate of drug-likeness (QED) is 0.734. The van der Waals surface area contributed by atoms with Gasteiger partial charge in [-0.1, -0.05) is 18.3 Å². The first-order chi connectivity index (χ1) is 9.06. The summed E-state index contributed by atoms with van der Waals surface area (Å²) in [5.41, 5.74) is 13.2. The Balaban J connectivity index is 2.19. The van der Waals surface area contributed by atoms with Gasteiger partial charge >= 0.3 is 0 Å². The van der Waals surface area contributed by atoms with E-state index in [2.05, 4.69) is 10.3 Å². The molecule has 5 nitrogen and oxygen atoms in total. The Hall–Kier alpha value is -2.47. The first-order valence-electron chi connectivity index (χ1n) is 5.49. The normalized spacial score (nSPS) is 9.89. The van der Waals surface area contributed by atoms with E-state index in [0.29, 0.717) is 11.3 Å². The molecule has 1 aromatic carbocycles. The van der Waals surface area contributed by atoms with Crippen LogP contribution in [0.5, 0.6) is 0 Å². The predicted molar refractivity (Wildman–Crippen MR) is 78.4 cm³/mol. The highest BCUT2D eigenvalue weighted by atomic mass is 32.1. The van der Waals surface area contributed by atoms with Gasteiger partial charge in [0.15, 0.2) is 0 Å². The van der Waals surface area contributed by atoms with Crippen LogP contribution in [0.1, 0.15) is 16.1 Å². The standard InChI is InChI=1S/C13H12N4OS/c14-12(18)8-2-1-3-9(6-8)17-10-4-5-11(13(15)19)16-7-10/h1-7,17H,(H2,14,18)(H2,15,19). The average Bonchev–Trinajstić information content (AvgIpc) is 2.39. The van der Waals surface area contributed by atoms with Gasteiger partial charge in [0, 0.05) is 11.3 Å². The fraction of sp³-hybridized carbons (Fsp3) is 0. The highest BCUT2D eigenvalue weighted by Gasteiger charge is 2.02. The van der Waals surface area contributed by atoms with Crippen LogP contribution in [0.15, 0.2) is 42.6 Å². The molecule has 0 fully saturated rings. The lowest BCUT2D eigenvalue weighted by atomic mass is 10.2. The van der Waals surface area contributed by atoms with Gasteiger partial charge in [0.2, 0.25) is 5.91 Å². The van der Waals surface area contributed by atoms with E-state index in [4.69, 9.17) is 23.7 Å². The third-order valence-corrected chi connectivity index (χ3v) is 2.66. The van der Waals surface area contributed by atoms with Crippen LogP contribution in [0.4, 0.5) is 11.4 Å². The molecule has 0 aliphatic heterocycles. The minimum atomic E-state index is -0.467. The number of hydrogen-bond donors (Lipinski definition) is 3. The number of thiocarbonyl (C=S) groups is 1. The van der Waals surface area contributed by atoms with E-state index in [1.54, 1.807) is 36.5 Å². The number of primary amides is 1. The predicted octanol–water partition coefficient (Wildman–Crippen LogP) is 1.56. The van der Waals surface area contributed by atoms with Crippen LogP contribution in [0.2, 0.25) is 0 Å². The van der Waals surface area contributed by atoms with Crippen LogP contribution in [-0.4, -0.2) is 15.9 Å². The highest BCUT2D eigenvalue weighted by molar-refractivity contribution is 7.80. The fourth-order valence-corrected chi connectivity index (χ4v) is 1.65. The minimum absolute atomic E-state index is 0.252. The van der Waals surface area contributed by atoms with Gasteiger partial charge in [0.05, 0.1) is 17.6 Å². The number of anilines is 2. The highest BCUT2D eigenvalue weighted by Crippen LogP contribution is 2.17. The molecule has 0 spiro atoms. The van der Waals surface area contributed by atoms with Crippen LogP contribution in [-0.2, 0) is 0 Å². The lowest BCUT2D eigenvalue weighted by molar-refractivity contribution is 0.100. The number of nitrogens with zero attached hydrogens (tertiary/aromatic N) is 1. The van der Waals surface area contributed by atoms with Gasteiger partial charge < -0.3 is 16.8 Å². The van der Waals surface area contributed by atoms with Crippen molar-refractivity contribution in [1.29, 1.82) is 0 Å². The number of nitrogens with two attached hydrogens (primary N) is 2. The lowest BCUT2D eigenvalue weighted by Crippen LogP contribution is -2.11. The summed E-state index contributed by atoms with van der Waals surface area (Å²) in [6.45, 7) is 0. The maximum Gasteiger partial charge on any atom is 0.248 e. The SMILES string of the molecule is NC(=O)c1cccc(Nc2ccc(C(N)=S)nc2)c1. The van der Waals surface area contributed by atoms with E-state index >= 15 is 0 Å². The van der Waals surface area contributed by atoms with Crippen molar-refractivity contribution in [2.75, 3.05) is 5.32 Å². The molecule has 1 heterocycles. The fourth-order valence-electron chi connectivity index (χ4n) is 1.53. The number of rotatable bonds is 4. The second-order valence-corrected chi connectivity index (χ2v) is 4.31. The number of benzene rings is 1. The Morgan fingerprint density at radius 2 is 1.95 bits per heavy atom. The minimum Gasteiger partial charge on any atom is -0.388 e. The first-order valence-corrected chi connectivity index (χ1v) is 5.90. The van der Waals surface area contributed by atoms with Crippen LogP contribution < -0.4 is 16.8 Å². The Morgan fingerprint density at radius 3 is 2.53 bits per heavy atom. The first kappa shape index (κ1) is 13.0. The largest absolute Gasteiger partial charge is 0.388 e. The number of nitrogens with one attached hydrogen (secondary N) is 1. The topological polar surface area (TPSA) is 94.0 Å². The molecule has 2 aromatic rings. The summed E-state index contributed by atoms with van der Waals surface area (Å²) in [5.74, 6) is -0.467. The van der Waals surface area contributed by atoms with Crippen molar-refractivity contribution in [1.82, 2.24) is 4.98 Å². The maximum absolute atomic E-state index is 11.1. The van der Waals surface area contributed by atoms with Crippen LogP contribution in [0.25, 0.3) is 0 Å². The third-order valence-electron chi connectivity index (χ3n) is 2.45. The summed E-state index contributed by atoms with van der Waals surface area (Å²) in [6, 6.07) is 10.4. The van der Waals surface area contributed by atoms with Gasteiger partial charge in [-0.2, -0.15) is 0 Å². The second kappa shape index (κ2) is 5.45. The molecule has 1 amide bonds. The van der Waals surface area contributed by atoms with E-state index in [-0.39, 0.29) is 4.99 Å². The van der Waals surface area contributed by atoms with Crippen LogP contribution in [0.3, 0.4) is 0 Å².